The van der Waals surface area contributed by atoms with E-state index < -0.39 is 11.6 Å². The molecule has 0 aliphatic rings. The van der Waals surface area contributed by atoms with Crippen molar-refractivity contribution in [1.82, 2.24) is 9.97 Å². The van der Waals surface area contributed by atoms with Crippen LogP contribution in [0.25, 0.3) is 0 Å². The lowest BCUT2D eigenvalue weighted by Crippen LogP contribution is -2.10. The molecule has 18 heavy (non-hydrogen) atoms. The van der Waals surface area contributed by atoms with Crippen LogP contribution in [-0.4, -0.2) is 9.97 Å². The van der Waals surface area contributed by atoms with E-state index in [2.05, 4.69) is 31.3 Å². The van der Waals surface area contributed by atoms with Crippen LogP contribution in [0, 0.1) is 11.6 Å². The van der Waals surface area contributed by atoms with Crippen LogP contribution in [-0.2, 0) is 0 Å². The number of anilines is 1. The first-order valence-electron chi connectivity index (χ1n) is 4.72. The summed E-state index contributed by atoms with van der Waals surface area (Å²) in [6, 6.07) is 3.63. The zero-order valence-corrected chi connectivity index (χ0v) is 11.2. The van der Waals surface area contributed by atoms with Crippen LogP contribution in [0.1, 0.15) is 0 Å². The minimum Gasteiger partial charge on any atom is -0.292 e. The molecule has 2 rings (SSSR count). The first kappa shape index (κ1) is 13.2. The summed E-state index contributed by atoms with van der Waals surface area (Å²) < 4.78 is 26.5. The van der Waals surface area contributed by atoms with Crippen LogP contribution < -0.4 is 11.3 Å². The van der Waals surface area contributed by atoms with Gasteiger partial charge in [0.15, 0.2) is 11.6 Å². The third kappa shape index (κ3) is 2.95. The number of hydrogen-bond donors (Lipinski definition) is 2. The molecule has 94 valence electrons. The van der Waals surface area contributed by atoms with Gasteiger partial charge in [0, 0.05) is 11.1 Å². The maximum Gasteiger partial charge on any atom is 0.238 e. The lowest BCUT2D eigenvalue weighted by atomic mass is 10.3. The Hall–Kier alpha value is -1.25. The number of nitrogens with one attached hydrogen (secondary N) is 1. The van der Waals surface area contributed by atoms with E-state index in [1.807, 2.05) is 0 Å². The van der Waals surface area contributed by atoms with Gasteiger partial charge in [0.25, 0.3) is 0 Å². The molecule has 0 spiro atoms. The third-order valence-electron chi connectivity index (χ3n) is 1.95. The molecular weight excluding hydrogens is 326 g/mol. The summed E-state index contributed by atoms with van der Waals surface area (Å²) in [5.74, 6) is 3.65. The van der Waals surface area contributed by atoms with Gasteiger partial charge in [-0.05, 0) is 34.1 Å². The van der Waals surface area contributed by atoms with E-state index in [1.165, 1.54) is 24.0 Å². The van der Waals surface area contributed by atoms with Gasteiger partial charge in [-0.15, -0.1) is 0 Å². The normalized spacial score (nSPS) is 10.4. The molecular formula is C10H7BrF2N4S. The number of benzene rings is 1. The molecule has 0 saturated heterocycles. The Morgan fingerprint density at radius 1 is 1.28 bits per heavy atom. The zero-order chi connectivity index (χ0) is 13.1. The summed E-state index contributed by atoms with van der Waals surface area (Å²) >= 11 is 4.43. The van der Waals surface area contributed by atoms with Crippen LogP contribution in [0.5, 0.6) is 0 Å². The Bertz CT molecular complexity index is 582. The van der Waals surface area contributed by atoms with Gasteiger partial charge in [0.05, 0.1) is 4.47 Å². The second kappa shape index (κ2) is 5.59. The molecule has 4 nitrogen and oxygen atoms in total. The highest BCUT2D eigenvalue weighted by Crippen LogP contribution is 2.32. The molecule has 1 heterocycles. The Morgan fingerprint density at radius 2 is 2.06 bits per heavy atom. The van der Waals surface area contributed by atoms with Gasteiger partial charge in [-0.3, -0.25) is 5.43 Å². The van der Waals surface area contributed by atoms with Crippen molar-refractivity contribution in [2.75, 3.05) is 5.43 Å². The van der Waals surface area contributed by atoms with Crippen LogP contribution >= 0.6 is 27.7 Å². The highest BCUT2D eigenvalue weighted by molar-refractivity contribution is 9.10. The van der Waals surface area contributed by atoms with Crippen LogP contribution in [0.2, 0.25) is 0 Å². The molecule has 0 saturated carbocycles. The first-order chi connectivity index (χ1) is 8.60. The number of nitrogens with two attached hydrogens (primary N) is 1. The predicted octanol–water partition coefficient (Wildman–Crippen LogP) is 2.95. The van der Waals surface area contributed by atoms with Gasteiger partial charge in [-0.1, -0.05) is 11.8 Å². The maximum absolute atomic E-state index is 13.1. The Labute approximate surface area is 114 Å². The molecule has 1 aromatic heterocycles. The molecule has 8 heteroatoms. The second-order valence-corrected chi connectivity index (χ2v) is 5.09. The number of halogens is 3. The van der Waals surface area contributed by atoms with Gasteiger partial charge in [-0.2, -0.15) is 0 Å². The molecule has 1 aromatic carbocycles. The average Bonchev–Trinajstić information content (AvgIpc) is 2.36. The smallest absolute Gasteiger partial charge is 0.238 e. The van der Waals surface area contributed by atoms with Crippen molar-refractivity contribution in [3.8, 4) is 0 Å². The lowest BCUT2D eigenvalue weighted by molar-refractivity contribution is 0.506. The molecule has 0 aliphatic heterocycles. The summed E-state index contributed by atoms with van der Waals surface area (Å²) in [5.41, 5.74) is 2.31. The van der Waals surface area contributed by atoms with Crippen molar-refractivity contribution in [3.05, 3.63) is 40.5 Å². The van der Waals surface area contributed by atoms with E-state index in [4.69, 9.17) is 5.84 Å². The minimum absolute atomic E-state index is 0.239. The fraction of sp³-hybridized carbons (Fsp3) is 0. The topological polar surface area (TPSA) is 63.8 Å². The van der Waals surface area contributed by atoms with Gasteiger partial charge in [0.1, 0.15) is 5.03 Å². The highest BCUT2D eigenvalue weighted by atomic mass is 79.9. The Balaban J connectivity index is 2.30. The standard InChI is InChI=1S/C10H7BrF2N4S/c11-6-4-15-10(17-14)16-9(6)18-5-1-2-7(12)8(13)3-5/h1-4H,14H2,(H,15,16,17). The summed E-state index contributed by atoms with van der Waals surface area (Å²) in [6.45, 7) is 0. The van der Waals surface area contributed by atoms with Crippen molar-refractivity contribution in [2.45, 2.75) is 9.92 Å². The van der Waals surface area contributed by atoms with Crippen molar-refractivity contribution in [1.29, 1.82) is 0 Å². The van der Waals surface area contributed by atoms with E-state index in [0.29, 0.717) is 14.4 Å². The largest absolute Gasteiger partial charge is 0.292 e. The second-order valence-electron chi connectivity index (χ2n) is 3.17. The number of hydrazine groups is 1. The summed E-state index contributed by atoms with van der Waals surface area (Å²) in [7, 11) is 0. The fourth-order valence-corrected chi connectivity index (χ4v) is 2.38. The Morgan fingerprint density at radius 3 is 2.72 bits per heavy atom. The zero-order valence-electron chi connectivity index (χ0n) is 8.82. The summed E-state index contributed by atoms with van der Waals surface area (Å²) in [6.07, 6.45) is 1.52. The molecule has 0 radical (unpaired) electrons. The average molecular weight is 333 g/mol. The highest BCUT2D eigenvalue weighted by Gasteiger charge is 2.09. The summed E-state index contributed by atoms with van der Waals surface area (Å²) in [5, 5.41) is 0.545. The van der Waals surface area contributed by atoms with Crippen molar-refractivity contribution in [3.63, 3.8) is 0 Å². The van der Waals surface area contributed by atoms with Gasteiger partial charge < -0.3 is 0 Å². The number of rotatable bonds is 3. The third-order valence-corrected chi connectivity index (χ3v) is 3.78. The van der Waals surface area contributed by atoms with Gasteiger partial charge in [-0.25, -0.2) is 24.6 Å². The number of aromatic nitrogens is 2. The maximum atomic E-state index is 13.1. The van der Waals surface area contributed by atoms with E-state index in [-0.39, 0.29) is 5.95 Å². The molecule has 0 bridgehead atoms. The van der Waals surface area contributed by atoms with Gasteiger partial charge >= 0.3 is 0 Å². The molecule has 0 amide bonds. The molecule has 0 aliphatic carbocycles. The van der Waals surface area contributed by atoms with Gasteiger partial charge in [0.2, 0.25) is 5.95 Å². The van der Waals surface area contributed by atoms with Crippen molar-refractivity contribution < 1.29 is 8.78 Å². The summed E-state index contributed by atoms with van der Waals surface area (Å²) in [4.78, 5) is 8.50. The number of nitrogens with zero attached hydrogens (tertiary/aromatic N) is 2. The first-order valence-corrected chi connectivity index (χ1v) is 6.33. The van der Waals surface area contributed by atoms with Crippen molar-refractivity contribution >= 4 is 33.6 Å². The molecule has 0 unspecified atom stereocenters. The lowest BCUT2D eigenvalue weighted by Gasteiger charge is -2.05. The van der Waals surface area contributed by atoms with E-state index in [1.54, 1.807) is 0 Å². The van der Waals surface area contributed by atoms with Crippen LogP contribution in [0.4, 0.5) is 14.7 Å². The van der Waals surface area contributed by atoms with Crippen LogP contribution in [0.15, 0.2) is 38.8 Å². The van der Waals surface area contributed by atoms with Crippen molar-refractivity contribution in [2.24, 2.45) is 5.84 Å². The fourth-order valence-electron chi connectivity index (χ4n) is 1.14. The van der Waals surface area contributed by atoms with Crippen LogP contribution in [0.3, 0.4) is 0 Å². The molecule has 0 atom stereocenters. The predicted molar refractivity (Wildman–Crippen MR) is 68.0 cm³/mol. The van der Waals surface area contributed by atoms with E-state index in [9.17, 15) is 8.78 Å². The Kier molecular flexibility index (Phi) is 4.10. The quantitative estimate of drug-likeness (QED) is 0.514. The van der Waals surface area contributed by atoms with E-state index >= 15 is 0 Å². The molecule has 2 aromatic rings. The monoisotopic (exact) mass is 332 g/mol. The van der Waals surface area contributed by atoms with E-state index in [0.717, 1.165) is 12.1 Å². The molecule has 3 N–H and O–H groups in total. The SMILES string of the molecule is NNc1ncc(Br)c(Sc2ccc(F)c(F)c2)n1. The molecule has 0 fully saturated rings. The minimum atomic E-state index is -0.901. The number of hydrogen-bond acceptors (Lipinski definition) is 5. The number of nitrogen functional groups attached to an aromatic ring is 1.